The topological polar surface area (TPSA) is 80.9 Å². The Labute approximate surface area is 167 Å². The molecular weight excluding hydrogens is 375 g/mol. The molecule has 1 atom stereocenters. The van der Waals surface area contributed by atoms with Crippen LogP contribution in [-0.4, -0.2) is 53.4 Å². The van der Waals surface area contributed by atoms with Gasteiger partial charge >= 0.3 is 5.69 Å². The molecule has 2 aromatic rings. The number of rotatable bonds is 5. The van der Waals surface area contributed by atoms with Gasteiger partial charge in [0.15, 0.2) is 0 Å². The summed E-state index contributed by atoms with van der Waals surface area (Å²) in [6.45, 7) is 11.2. The van der Waals surface area contributed by atoms with Crippen LogP contribution in [-0.2, 0) is 0 Å². The highest BCUT2D eigenvalue weighted by molar-refractivity contribution is 5.87. The van der Waals surface area contributed by atoms with E-state index in [4.69, 9.17) is 12.4 Å². The lowest BCUT2D eigenvalue weighted by Gasteiger charge is -2.26. The number of benzene rings is 1. The Morgan fingerprint density at radius 3 is 2.72 bits per heavy atom. The average Bonchev–Trinajstić information content (AvgIpc) is 3.42. The van der Waals surface area contributed by atoms with Crippen molar-refractivity contribution in [2.45, 2.75) is 38.3 Å². The average molecular weight is 400 g/mol. The molecule has 1 aliphatic heterocycles. The number of anilines is 1. The fraction of sp³-hybridized carbons (Fsp3) is 0.550. The summed E-state index contributed by atoms with van der Waals surface area (Å²) in [5.41, 5.74) is 0.315. The van der Waals surface area contributed by atoms with Gasteiger partial charge in [-0.05, 0) is 39.3 Å². The summed E-state index contributed by atoms with van der Waals surface area (Å²) in [5.74, 6) is 5.20. The summed E-state index contributed by atoms with van der Waals surface area (Å²) in [6, 6.07) is 1.45. The van der Waals surface area contributed by atoms with E-state index in [-0.39, 0.29) is 17.5 Å². The fourth-order valence-electron chi connectivity index (χ4n) is 4.41. The van der Waals surface area contributed by atoms with Gasteiger partial charge in [-0.25, -0.2) is 15.8 Å². The fourth-order valence-corrected chi connectivity index (χ4v) is 4.41. The summed E-state index contributed by atoms with van der Waals surface area (Å²) in [4.78, 5) is 32.7. The van der Waals surface area contributed by atoms with Gasteiger partial charge < -0.3 is 15.6 Å². The zero-order valence-electron chi connectivity index (χ0n) is 16.7. The van der Waals surface area contributed by atoms with Crippen molar-refractivity contribution in [3.63, 3.8) is 0 Å². The molecule has 9 heteroatoms. The predicted octanol–water partition coefficient (Wildman–Crippen LogP) is 1.09. The van der Waals surface area contributed by atoms with E-state index in [9.17, 15) is 9.59 Å². The molecular formula is C20H25FN6O2. The molecule has 8 nitrogen and oxygen atoms in total. The van der Waals surface area contributed by atoms with Gasteiger partial charge in [0.25, 0.3) is 5.56 Å². The molecule has 2 heterocycles. The first kappa shape index (κ1) is 19.5. The van der Waals surface area contributed by atoms with Gasteiger partial charge in [0.05, 0.1) is 23.1 Å². The Balaban J connectivity index is 1.80. The zero-order chi connectivity index (χ0) is 20.9. The minimum Gasteiger partial charge on any atom is -0.367 e. The number of nitrogens with two attached hydrogens (primary N) is 1. The lowest BCUT2D eigenvalue weighted by Crippen LogP contribution is -2.44. The molecule has 4 rings (SSSR count). The first-order valence-electron chi connectivity index (χ1n) is 9.89. The Bertz CT molecular complexity index is 1130. The van der Waals surface area contributed by atoms with E-state index in [0.29, 0.717) is 47.6 Å². The highest BCUT2D eigenvalue weighted by atomic mass is 19.1. The number of nitrogens with zero attached hydrogens (tertiary/aromatic N) is 5. The third-order valence-electron chi connectivity index (χ3n) is 6.14. The van der Waals surface area contributed by atoms with Gasteiger partial charge in [0, 0.05) is 30.7 Å². The number of aromatic nitrogens is 2. The summed E-state index contributed by atoms with van der Waals surface area (Å²) >= 11 is 0. The van der Waals surface area contributed by atoms with Crippen molar-refractivity contribution in [2.75, 3.05) is 44.0 Å². The molecule has 154 valence electrons. The molecule has 2 aliphatic rings. The molecule has 2 fully saturated rings. The van der Waals surface area contributed by atoms with E-state index in [1.54, 1.807) is 11.5 Å². The van der Waals surface area contributed by atoms with Gasteiger partial charge in [0.1, 0.15) is 5.82 Å². The quantitative estimate of drug-likeness (QED) is 0.600. The van der Waals surface area contributed by atoms with E-state index in [1.807, 2.05) is 11.9 Å². The lowest BCUT2D eigenvalue weighted by atomic mass is 10.1. The van der Waals surface area contributed by atoms with E-state index >= 15 is 4.39 Å². The first-order chi connectivity index (χ1) is 13.8. The normalized spacial score (nSPS) is 19.3. The third kappa shape index (κ3) is 3.17. The maximum atomic E-state index is 15.2. The molecule has 1 unspecified atom stereocenters. The van der Waals surface area contributed by atoms with E-state index in [2.05, 4.69) is 9.74 Å². The highest BCUT2D eigenvalue weighted by Crippen LogP contribution is 2.39. The second kappa shape index (κ2) is 7.19. The van der Waals surface area contributed by atoms with E-state index in [1.165, 1.54) is 6.07 Å². The number of hydrogen-bond acceptors (Lipinski definition) is 5. The van der Waals surface area contributed by atoms with Crippen molar-refractivity contribution in [2.24, 2.45) is 0 Å². The van der Waals surface area contributed by atoms with Crippen LogP contribution in [0.3, 0.4) is 0 Å². The van der Waals surface area contributed by atoms with Gasteiger partial charge in [-0.2, -0.15) is 4.68 Å². The van der Waals surface area contributed by atoms with Gasteiger partial charge in [0.2, 0.25) is 6.54 Å². The third-order valence-corrected chi connectivity index (χ3v) is 6.14. The Hall–Kier alpha value is -2.86. The van der Waals surface area contributed by atoms with Crippen molar-refractivity contribution in [1.29, 1.82) is 0 Å². The minimum absolute atomic E-state index is 0.00323. The van der Waals surface area contributed by atoms with Crippen molar-refractivity contribution < 1.29 is 4.39 Å². The molecule has 1 saturated carbocycles. The van der Waals surface area contributed by atoms with Crippen LogP contribution in [0.25, 0.3) is 15.7 Å². The number of likely N-dealkylation sites (N-methyl/N-ethyl adjacent to an activating group) is 1. The summed E-state index contributed by atoms with van der Waals surface area (Å²) in [6.07, 6.45) is 2.55. The summed E-state index contributed by atoms with van der Waals surface area (Å²) in [5, 5.41) is 0.141. The molecule has 1 saturated heterocycles. The largest absolute Gasteiger partial charge is 0.367 e. The second-order valence-electron chi connectivity index (χ2n) is 8.04. The van der Waals surface area contributed by atoms with Crippen LogP contribution >= 0.6 is 0 Å². The number of fused-ring (bicyclic) bond motifs is 1. The molecule has 0 bridgehead atoms. The van der Waals surface area contributed by atoms with E-state index < -0.39 is 17.1 Å². The van der Waals surface area contributed by atoms with Gasteiger partial charge in [-0.1, -0.05) is 0 Å². The summed E-state index contributed by atoms with van der Waals surface area (Å²) < 4.78 is 17.3. The van der Waals surface area contributed by atoms with Crippen molar-refractivity contribution in [1.82, 2.24) is 14.1 Å². The van der Waals surface area contributed by atoms with Crippen LogP contribution in [0.15, 0.2) is 15.7 Å². The van der Waals surface area contributed by atoms with Gasteiger partial charge in [-0.3, -0.25) is 14.3 Å². The zero-order valence-corrected chi connectivity index (χ0v) is 16.7. The number of aryl methyl sites for hydroxylation is 1. The van der Waals surface area contributed by atoms with Crippen LogP contribution in [0, 0.1) is 19.3 Å². The molecule has 0 amide bonds. The van der Waals surface area contributed by atoms with Crippen LogP contribution in [0.1, 0.15) is 30.9 Å². The van der Waals surface area contributed by atoms with Crippen LogP contribution in [0.2, 0.25) is 0 Å². The molecule has 0 spiro atoms. The summed E-state index contributed by atoms with van der Waals surface area (Å²) in [7, 11) is 1.98. The SMILES string of the molecule is [C-]#[N+]CCN(C)C1CCN(c2c(F)cc3c(=O)n(N)c(=O)n(C4CC4)c3c2C)C1. The molecule has 0 radical (unpaired) electrons. The second-order valence-corrected chi connectivity index (χ2v) is 8.04. The Morgan fingerprint density at radius 2 is 2.07 bits per heavy atom. The maximum Gasteiger partial charge on any atom is 0.350 e. The minimum atomic E-state index is -0.673. The Morgan fingerprint density at radius 1 is 1.34 bits per heavy atom. The molecule has 29 heavy (non-hydrogen) atoms. The van der Waals surface area contributed by atoms with Crippen molar-refractivity contribution >= 4 is 16.6 Å². The number of nitrogen functional groups attached to an aromatic ring is 1. The van der Waals surface area contributed by atoms with Crippen molar-refractivity contribution in [3.05, 3.63) is 49.7 Å². The number of halogens is 1. The molecule has 1 aromatic heterocycles. The van der Waals surface area contributed by atoms with Crippen molar-refractivity contribution in [3.8, 4) is 0 Å². The van der Waals surface area contributed by atoms with Gasteiger partial charge in [-0.15, -0.1) is 0 Å². The molecule has 2 N–H and O–H groups in total. The van der Waals surface area contributed by atoms with Crippen LogP contribution < -0.4 is 22.0 Å². The highest BCUT2D eigenvalue weighted by Gasteiger charge is 2.33. The first-order valence-corrected chi connectivity index (χ1v) is 9.89. The van der Waals surface area contributed by atoms with E-state index in [0.717, 1.165) is 19.3 Å². The lowest BCUT2D eigenvalue weighted by molar-refractivity contribution is 0.270. The smallest absolute Gasteiger partial charge is 0.350 e. The predicted molar refractivity (Wildman–Crippen MR) is 110 cm³/mol. The number of hydrogen-bond donors (Lipinski definition) is 1. The molecule has 1 aliphatic carbocycles. The maximum absolute atomic E-state index is 15.2. The van der Waals surface area contributed by atoms with Crippen LogP contribution in [0.4, 0.5) is 10.1 Å². The molecule has 1 aromatic carbocycles. The van der Waals surface area contributed by atoms with Crippen LogP contribution in [0.5, 0.6) is 0 Å². The monoisotopic (exact) mass is 400 g/mol. The standard InChI is InChI=1S/C20H25FN6O2/c1-12-17-15(19(28)27(22)20(29)26(17)13-4-5-13)10-16(21)18(12)25-8-6-14(11-25)24(3)9-7-23-2/h10,13-14H,4-9,11,22H2,1,3H3. The Kier molecular flexibility index (Phi) is 4.82.